The van der Waals surface area contributed by atoms with E-state index in [1.165, 1.54) is 0 Å². The standard InChI is InChI=1S/C9H16O3S/c1-8(2)6-12-5-4-9(3)7-13(9,10)11/h6H,4-5,7H2,1-3H3. The van der Waals surface area contributed by atoms with Crippen molar-refractivity contribution < 1.29 is 13.2 Å². The number of hydrogen-bond donors (Lipinski definition) is 0. The van der Waals surface area contributed by atoms with Gasteiger partial charge in [-0.3, -0.25) is 0 Å². The lowest BCUT2D eigenvalue weighted by Gasteiger charge is -2.04. The Kier molecular flexibility index (Phi) is 2.71. The topological polar surface area (TPSA) is 43.4 Å². The molecular weight excluding hydrogens is 188 g/mol. The fraction of sp³-hybridized carbons (Fsp3) is 0.778. The molecule has 0 saturated carbocycles. The molecule has 0 spiro atoms. The van der Waals surface area contributed by atoms with E-state index in [2.05, 4.69) is 0 Å². The molecule has 4 heteroatoms. The van der Waals surface area contributed by atoms with Gasteiger partial charge in [-0.05, 0) is 26.3 Å². The molecule has 1 heterocycles. The second-order valence-electron chi connectivity index (χ2n) is 4.02. The van der Waals surface area contributed by atoms with Gasteiger partial charge in [0.25, 0.3) is 0 Å². The summed E-state index contributed by atoms with van der Waals surface area (Å²) >= 11 is 0. The Morgan fingerprint density at radius 1 is 1.54 bits per heavy atom. The molecule has 1 aliphatic heterocycles. The molecular formula is C9H16O3S. The van der Waals surface area contributed by atoms with Gasteiger partial charge in [0, 0.05) is 6.42 Å². The van der Waals surface area contributed by atoms with Crippen LogP contribution in [0, 0.1) is 0 Å². The average molecular weight is 204 g/mol. The molecule has 3 nitrogen and oxygen atoms in total. The third-order valence-electron chi connectivity index (χ3n) is 2.23. The molecule has 13 heavy (non-hydrogen) atoms. The molecule has 1 atom stereocenters. The van der Waals surface area contributed by atoms with Crippen molar-refractivity contribution in [1.29, 1.82) is 0 Å². The van der Waals surface area contributed by atoms with Gasteiger partial charge in [-0.1, -0.05) is 0 Å². The molecule has 0 radical (unpaired) electrons. The van der Waals surface area contributed by atoms with Crippen molar-refractivity contribution in [2.24, 2.45) is 0 Å². The van der Waals surface area contributed by atoms with Crippen molar-refractivity contribution in [3.8, 4) is 0 Å². The minimum Gasteiger partial charge on any atom is -0.501 e. The van der Waals surface area contributed by atoms with E-state index in [9.17, 15) is 8.42 Å². The molecule has 0 amide bonds. The van der Waals surface area contributed by atoms with Crippen LogP contribution in [-0.4, -0.2) is 25.5 Å². The van der Waals surface area contributed by atoms with E-state index in [4.69, 9.17) is 4.74 Å². The van der Waals surface area contributed by atoms with Gasteiger partial charge in [0.2, 0.25) is 0 Å². The Labute approximate surface area is 79.7 Å². The van der Waals surface area contributed by atoms with Crippen LogP contribution in [0.2, 0.25) is 0 Å². The summed E-state index contributed by atoms with van der Waals surface area (Å²) in [5.74, 6) is 0.318. The lowest BCUT2D eigenvalue weighted by molar-refractivity contribution is 0.235. The number of ether oxygens (including phenoxy) is 1. The van der Waals surface area contributed by atoms with Crippen molar-refractivity contribution in [3.05, 3.63) is 11.8 Å². The van der Waals surface area contributed by atoms with Gasteiger partial charge in [-0.15, -0.1) is 0 Å². The largest absolute Gasteiger partial charge is 0.501 e. The lowest BCUT2D eigenvalue weighted by atomic mass is 10.1. The zero-order valence-electron chi connectivity index (χ0n) is 8.33. The van der Waals surface area contributed by atoms with Crippen molar-refractivity contribution in [2.75, 3.05) is 12.4 Å². The summed E-state index contributed by atoms with van der Waals surface area (Å²) in [4.78, 5) is 0. The third-order valence-corrected chi connectivity index (χ3v) is 4.74. The van der Waals surface area contributed by atoms with Crippen LogP contribution in [0.1, 0.15) is 27.2 Å². The van der Waals surface area contributed by atoms with E-state index in [-0.39, 0.29) is 0 Å². The van der Waals surface area contributed by atoms with E-state index >= 15 is 0 Å². The highest BCUT2D eigenvalue weighted by molar-refractivity contribution is 8.00. The number of sulfone groups is 1. The van der Waals surface area contributed by atoms with Gasteiger partial charge in [0.1, 0.15) is 0 Å². The minimum absolute atomic E-state index is 0.318. The normalized spacial score (nSPS) is 29.5. The molecule has 0 bridgehead atoms. The van der Waals surface area contributed by atoms with Crippen LogP contribution in [0.15, 0.2) is 11.8 Å². The highest BCUT2D eigenvalue weighted by Crippen LogP contribution is 2.38. The monoisotopic (exact) mass is 204 g/mol. The maximum Gasteiger partial charge on any atom is 0.158 e. The van der Waals surface area contributed by atoms with Crippen LogP contribution >= 0.6 is 0 Å². The Morgan fingerprint density at radius 3 is 2.46 bits per heavy atom. The highest BCUT2D eigenvalue weighted by Gasteiger charge is 2.56. The van der Waals surface area contributed by atoms with Crippen LogP contribution in [-0.2, 0) is 14.6 Å². The van der Waals surface area contributed by atoms with Crippen LogP contribution in [0.25, 0.3) is 0 Å². The summed E-state index contributed by atoms with van der Waals surface area (Å²) in [6, 6.07) is 0. The summed E-state index contributed by atoms with van der Waals surface area (Å²) < 4.78 is 26.8. The van der Waals surface area contributed by atoms with Crippen molar-refractivity contribution >= 4 is 9.84 Å². The first kappa shape index (κ1) is 10.6. The van der Waals surface area contributed by atoms with E-state index in [0.717, 1.165) is 5.57 Å². The van der Waals surface area contributed by atoms with Crippen molar-refractivity contribution in [2.45, 2.75) is 31.9 Å². The van der Waals surface area contributed by atoms with E-state index in [1.54, 1.807) is 13.2 Å². The van der Waals surface area contributed by atoms with Gasteiger partial charge < -0.3 is 4.74 Å². The Hall–Kier alpha value is -0.510. The lowest BCUT2D eigenvalue weighted by Crippen LogP contribution is -2.10. The second kappa shape index (κ2) is 3.33. The SMILES string of the molecule is CC(C)=COCCC1(C)CS1(=O)=O. The molecule has 1 aliphatic rings. The van der Waals surface area contributed by atoms with Crippen molar-refractivity contribution in [1.82, 2.24) is 0 Å². The second-order valence-corrected chi connectivity index (χ2v) is 6.53. The van der Waals surface area contributed by atoms with Crippen LogP contribution in [0.5, 0.6) is 0 Å². The molecule has 0 aromatic carbocycles. The molecule has 1 rings (SSSR count). The molecule has 0 aromatic heterocycles. The van der Waals surface area contributed by atoms with E-state index in [0.29, 0.717) is 18.8 Å². The quantitative estimate of drug-likeness (QED) is 0.396. The summed E-state index contributed by atoms with van der Waals surface area (Å²) in [7, 11) is -2.76. The van der Waals surface area contributed by atoms with E-state index in [1.807, 2.05) is 13.8 Å². The fourth-order valence-corrected chi connectivity index (χ4v) is 2.67. The van der Waals surface area contributed by atoms with Gasteiger partial charge in [0.15, 0.2) is 9.84 Å². The van der Waals surface area contributed by atoms with Crippen molar-refractivity contribution in [3.63, 3.8) is 0 Å². The maximum atomic E-state index is 11.1. The predicted molar refractivity (Wildman–Crippen MR) is 52.2 cm³/mol. The number of allylic oxidation sites excluding steroid dienone is 1. The molecule has 0 N–H and O–H groups in total. The molecule has 1 saturated heterocycles. The smallest absolute Gasteiger partial charge is 0.158 e. The summed E-state index contributed by atoms with van der Waals surface area (Å²) in [6.45, 7) is 6.14. The Balaban J connectivity index is 2.26. The first-order valence-corrected chi connectivity index (χ1v) is 6.00. The third kappa shape index (κ3) is 2.46. The van der Waals surface area contributed by atoms with E-state index < -0.39 is 14.6 Å². The molecule has 76 valence electrons. The number of hydrogen-bond acceptors (Lipinski definition) is 3. The molecule has 1 unspecified atom stereocenters. The van der Waals surface area contributed by atoms with Gasteiger partial charge in [-0.2, -0.15) is 0 Å². The summed E-state index contributed by atoms with van der Waals surface area (Å²) in [6.07, 6.45) is 2.26. The van der Waals surface area contributed by atoms with Gasteiger partial charge in [-0.25, -0.2) is 8.42 Å². The van der Waals surface area contributed by atoms with Gasteiger partial charge in [0.05, 0.1) is 23.4 Å². The summed E-state index contributed by atoms with van der Waals surface area (Å²) in [5, 5.41) is 0. The molecule has 0 aliphatic carbocycles. The fourth-order valence-electron chi connectivity index (χ4n) is 1.10. The van der Waals surface area contributed by atoms with Crippen LogP contribution < -0.4 is 0 Å². The summed E-state index contributed by atoms with van der Waals surface area (Å²) in [5.41, 5.74) is 1.09. The first-order valence-electron chi connectivity index (χ1n) is 4.35. The minimum atomic E-state index is -2.76. The average Bonchev–Trinajstić information content (AvgIpc) is 2.44. The zero-order valence-corrected chi connectivity index (χ0v) is 9.15. The predicted octanol–water partition coefficient (Wildman–Crippen LogP) is 1.50. The zero-order chi connectivity index (χ0) is 10.1. The highest BCUT2D eigenvalue weighted by atomic mass is 32.2. The molecule has 0 aromatic rings. The van der Waals surface area contributed by atoms with Crippen LogP contribution in [0.4, 0.5) is 0 Å². The number of rotatable bonds is 4. The maximum absolute atomic E-state index is 11.1. The Bertz CT molecular complexity index is 312. The Morgan fingerprint density at radius 2 is 2.08 bits per heavy atom. The van der Waals surface area contributed by atoms with Crippen LogP contribution in [0.3, 0.4) is 0 Å². The molecule has 1 fully saturated rings. The first-order chi connectivity index (χ1) is 5.87. The van der Waals surface area contributed by atoms with Gasteiger partial charge >= 0.3 is 0 Å².